The van der Waals surface area contributed by atoms with E-state index in [4.69, 9.17) is 0 Å². The maximum absolute atomic E-state index is 12.7. The SMILES string of the molecule is CC(C)C(=O)NC1=C(c2ccccc2)c2ccccc2C1=O. The standard InChI is InChI=1S/C19H17NO2/c1-12(2)19(22)20-17-16(13-8-4-3-5-9-13)14-10-6-7-11-15(14)18(17)21/h3-12H,1-2H3,(H,20,21,22). The van der Waals surface area contributed by atoms with Crippen LogP contribution in [0.15, 0.2) is 60.3 Å². The van der Waals surface area contributed by atoms with E-state index in [9.17, 15) is 9.59 Å². The zero-order chi connectivity index (χ0) is 15.7. The Hall–Kier alpha value is -2.68. The number of Topliss-reactive ketones (excluding diaryl/α,β-unsaturated/α-hetero) is 1. The summed E-state index contributed by atoms with van der Waals surface area (Å²) >= 11 is 0. The highest BCUT2D eigenvalue weighted by molar-refractivity contribution is 6.23. The highest BCUT2D eigenvalue weighted by Gasteiger charge is 2.31. The van der Waals surface area contributed by atoms with E-state index in [1.54, 1.807) is 6.07 Å². The van der Waals surface area contributed by atoms with E-state index in [1.807, 2.05) is 62.4 Å². The summed E-state index contributed by atoms with van der Waals surface area (Å²) < 4.78 is 0. The minimum atomic E-state index is -0.180. The second-order valence-corrected chi connectivity index (χ2v) is 5.63. The van der Waals surface area contributed by atoms with Crippen LogP contribution in [0.1, 0.15) is 35.3 Å². The predicted octanol–water partition coefficient (Wildman–Crippen LogP) is 3.41. The lowest BCUT2D eigenvalue weighted by molar-refractivity contribution is -0.123. The Kier molecular flexibility index (Phi) is 3.63. The van der Waals surface area contributed by atoms with Gasteiger partial charge in [0.1, 0.15) is 0 Å². The van der Waals surface area contributed by atoms with Gasteiger partial charge in [0, 0.05) is 17.1 Å². The topological polar surface area (TPSA) is 46.2 Å². The number of hydrogen-bond donors (Lipinski definition) is 1. The summed E-state index contributed by atoms with van der Waals surface area (Å²) in [6, 6.07) is 17.1. The van der Waals surface area contributed by atoms with Crippen molar-refractivity contribution in [1.29, 1.82) is 0 Å². The molecule has 0 bridgehead atoms. The Balaban J connectivity index is 2.17. The van der Waals surface area contributed by atoms with Crippen LogP contribution in [-0.2, 0) is 4.79 Å². The van der Waals surface area contributed by atoms with Crippen LogP contribution in [0, 0.1) is 5.92 Å². The van der Waals surface area contributed by atoms with Crippen LogP contribution in [0.25, 0.3) is 5.57 Å². The fourth-order valence-electron chi connectivity index (χ4n) is 2.57. The minimum absolute atomic E-state index is 0.122. The van der Waals surface area contributed by atoms with Crippen molar-refractivity contribution in [2.75, 3.05) is 0 Å². The van der Waals surface area contributed by atoms with Gasteiger partial charge in [0.15, 0.2) is 0 Å². The van der Waals surface area contributed by atoms with Gasteiger partial charge in [-0.3, -0.25) is 9.59 Å². The lowest BCUT2D eigenvalue weighted by Crippen LogP contribution is -2.30. The number of amides is 1. The van der Waals surface area contributed by atoms with Crippen molar-refractivity contribution in [2.45, 2.75) is 13.8 Å². The lowest BCUT2D eigenvalue weighted by atomic mass is 9.99. The first-order valence-electron chi connectivity index (χ1n) is 7.34. The first kappa shape index (κ1) is 14.3. The first-order chi connectivity index (χ1) is 10.6. The average molecular weight is 291 g/mol. The monoisotopic (exact) mass is 291 g/mol. The molecule has 0 saturated heterocycles. The van der Waals surface area contributed by atoms with Crippen molar-refractivity contribution in [3.05, 3.63) is 77.0 Å². The lowest BCUT2D eigenvalue weighted by Gasteiger charge is -2.11. The Morgan fingerprint density at radius 1 is 0.909 bits per heavy atom. The van der Waals surface area contributed by atoms with Crippen LogP contribution in [0.4, 0.5) is 0 Å². The van der Waals surface area contributed by atoms with Crippen molar-refractivity contribution < 1.29 is 9.59 Å². The van der Waals surface area contributed by atoms with Crippen LogP contribution in [-0.4, -0.2) is 11.7 Å². The minimum Gasteiger partial charge on any atom is -0.322 e. The Morgan fingerprint density at radius 2 is 1.50 bits per heavy atom. The molecule has 3 nitrogen and oxygen atoms in total. The van der Waals surface area contributed by atoms with Gasteiger partial charge in [-0.25, -0.2) is 0 Å². The van der Waals surface area contributed by atoms with Gasteiger partial charge in [0.25, 0.3) is 0 Å². The molecule has 1 amide bonds. The summed E-state index contributed by atoms with van der Waals surface area (Å²) in [7, 11) is 0. The molecule has 0 saturated carbocycles. The van der Waals surface area contributed by atoms with Crippen LogP contribution < -0.4 is 5.32 Å². The van der Waals surface area contributed by atoms with Gasteiger partial charge in [0.05, 0.1) is 5.70 Å². The molecular weight excluding hydrogens is 274 g/mol. The third-order valence-corrected chi connectivity index (χ3v) is 3.75. The van der Waals surface area contributed by atoms with Crippen molar-refractivity contribution in [3.8, 4) is 0 Å². The normalized spacial score (nSPS) is 13.5. The summed E-state index contributed by atoms with van der Waals surface area (Å²) in [6.07, 6.45) is 0. The van der Waals surface area contributed by atoms with Gasteiger partial charge < -0.3 is 5.32 Å². The van der Waals surface area contributed by atoms with Crippen molar-refractivity contribution >= 4 is 17.3 Å². The Bertz CT molecular complexity index is 773. The largest absolute Gasteiger partial charge is 0.322 e. The number of nitrogens with one attached hydrogen (secondary N) is 1. The van der Waals surface area contributed by atoms with E-state index in [0.29, 0.717) is 11.3 Å². The number of rotatable bonds is 3. The van der Waals surface area contributed by atoms with E-state index in [2.05, 4.69) is 5.32 Å². The van der Waals surface area contributed by atoms with Gasteiger partial charge in [-0.05, 0) is 11.1 Å². The van der Waals surface area contributed by atoms with E-state index in [1.165, 1.54) is 0 Å². The number of carbonyl (C=O) groups excluding carboxylic acids is 2. The van der Waals surface area contributed by atoms with E-state index in [0.717, 1.165) is 16.7 Å². The molecule has 2 aromatic rings. The molecule has 110 valence electrons. The van der Waals surface area contributed by atoms with Gasteiger partial charge in [-0.1, -0.05) is 68.4 Å². The van der Waals surface area contributed by atoms with Gasteiger partial charge in [-0.2, -0.15) is 0 Å². The maximum atomic E-state index is 12.7. The molecule has 3 rings (SSSR count). The van der Waals surface area contributed by atoms with Crippen LogP contribution in [0.3, 0.4) is 0 Å². The Morgan fingerprint density at radius 3 is 2.14 bits per heavy atom. The summed E-state index contributed by atoms with van der Waals surface area (Å²) in [5, 5.41) is 2.81. The van der Waals surface area contributed by atoms with Crippen LogP contribution in [0.2, 0.25) is 0 Å². The second kappa shape index (κ2) is 5.60. The zero-order valence-electron chi connectivity index (χ0n) is 12.6. The molecule has 0 fully saturated rings. The molecule has 0 aromatic heterocycles. The molecule has 1 N–H and O–H groups in total. The molecule has 0 atom stereocenters. The molecule has 2 aromatic carbocycles. The van der Waals surface area contributed by atoms with E-state index in [-0.39, 0.29) is 17.6 Å². The third-order valence-electron chi connectivity index (χ3n) is 3.75. The number of allylic oxidation sites excluding steroid dienone is 1. The highest BCUT2D eigenvalue weighted by atomic mass is 16.2. The van der Waals surface area contributed by atoms with E-state index >= 15 is 0 Å². The number of carbonyl (C=O) groups is 2. The molecule has 3 heteroatoms. The van der Waals surface area contributed by atoms with Crippen LogP contribution >= 0.6 is 0 Å². The molecule has 0 radical (unpaired) electrons. The molecule has 0 unspecified atom stereocenters. The highest BCUT2D eigenvalue weighted by Crippen LogP contribution is 2.36. The Labute approximate surface area is 129 Å². The molecule has 0 heterocycles. The number of fused-ring (bicyclic) bond motifs is 1. The number of hydrogen-bond acceptors (Lipinski definition) is 2. The molecular formula is C19H17NO2. The summed E-state index contributed by atoms with van der Waals surface area (Å²) in [6.45, 7) is 3.62. The van der Waals surface area contributed by atoms with Gasteiger partial charge >= 0.3 is 0 Å². The number of benzene rings is 2. The summed E-state index contributed by atoms with van der Waals surface area (Å²) in [5.74, 6) is -0.450. The summed E-state index contributed by atoms with van der Waals surface area (Å²) in [5.41, 5.74) is 3.62. The predicted molar refractivity (Wildman–Crippen MR) is 86.2 cm³/mol. The molecule has 22 heavy (non-hydrogen) atoms. The zero-order valence-corrected chi connectivity index (χ0v) is 12.6. The molecule has 1 aliphatic rings. The maximum Gasteiger partial charge on any atom is 0.227 e. The van der Waals surface area contributed by atoms with Crippen molar-refractivity contribution in [1.82, 2.24) is 5.32 Å². The molecule has 0 spiro atoms. The second-order valence-electron chi connectivity index (χ2n) is 5.63. The van der Waals surface area contributed by atoms with E-state index < -0.39 is 0 Å². The smallest absolute Gasteiger partial charge is 0.227 e. The fraction of sp³-hybridized carbons (Fsp3) is 0.158. The van der Waals surface area contributed by atoms with Crippen molar-refractivity contribution in [2.24, 2.45) is 5.92 Å². The number of ketones is 1. The quantitative estimate of drug-likeness (QED) is 0.942. The fourth-order valence-corrected chi connectivity index (χ4v) is 2.57. The van der Waals surface area contributed by atoms with Crippen LogP contribution in [0.5, 0.6) is 0 Å². The van der Waals surface area contributed by atoms with Crippen molar-refractivity contribution in [3.63, 3.8) is 0 Å². The van der Waals surface area contributed by atoms with Gasteiger partial charge in [0.2, 0.25) is 11.7 Å². The molecule has 1 aliphatic carbocycles. The summed E-state index contributed by atoms with van der Waals surface area (Å²) in [4.78, 5) is 24.7. The first-order valence-corrected chi connectivity index (χ1v) is 7.34. The molecule has 0 aliphatic heterocycles. The average Bonchev–Trinajstić information content (AvgIpc) is 2.81. The van der Waals surface area contributed by atoms with Gasteiger partial charge in [-0.15, -0.1) is 0 Å². The third kappa shape index (κ3) is 2.35.